The number of hydrogen-bond acceptors (Lipinski definition) is 4. The van der Waals surface area contributed by atoms with Crippen LogP contribution in [0.1, 0.15) is 34.9 Å². The van der Waals surface area contributed by atoms with Crippen LogP contribution in [0, 0.1) is 6.92 Å². The quantitative estimate of drug-likeness (QED) is 0.938. The highest BCUT2D eigenvalue weighted by molar-refractivity contribution is 7.15. The summed E-state index contributed by atoms with van der Waals surface area (Å²) in [7, 11) is 0. The summed E-state index contributed by atoms with van der Waals surface area (Å²) in [6, 6.07) is 9.42. The van der Waals surface area contributed by atoms with Gasteiger partial charge in [-0.05, 0) is 31.9 Å². The molecule has 2 heterocycles. The summed E-state index contributed by atoms with van der Waals surface area (Å²) < 4.78 is 0. The molecule has 0 aliphatic carbocycles. The van der Waals surface area contributed by atoms with Gasteiger partial charge in [-0.1, -0.05) is 29.8 Å². The molecule has 1 saturated heterocycles. The van der Waals surface area contributed by atoms with Crippen molar-refractivity contribution in [2.24, 2.45) is 0 Å². The molecule has 2 aromatic rings. The minimum Gasteiger partial charge on any atom is -0.375 e. The van der Waals surface area contributed by atoms with Gasteiger partial charge in [0.25, 0.3) is 0 Å². The number of anilines is 1. The number of nitrogens with zero attached hydrogens (tertiary/aromatic N) is 2. The molecule has 0 spiro atoms. The first-order valence-electron chi connectivity index (χ1n) is 6.73. The predicted octanol–water partition coefficient (Wildman–Crippen LogP) is 3.79. The Morgan fingerprint density at radius 2 is 2.30 bits per heavy atom. The number of hydrogen-bond donors (Lipinski definition) is 1. The van der Waals surface area contributed by atoms with Crippen molar-refractivity contribution in [2.45, 2.75) is 32.4 Å². The van der Waals surface area contributed by atoms with Gasteiger partial charge in [-0.15, -0.1) is 23.7 Å². The minimum atomic E-state index is 0. The van der Waals surface area contributed by atoms with E-state index in [9.17, 15) is 0 Å². The second kappa shape index (κ2) is 6.57. The molecular weight excluding hydrogens is 290 g/mol. The van der Waals surface area contributed by atoms with E-state index >= 15 is 0 Å². The topological polar surface area (TPSA) is 42.2 Å². The molecule has 5 heteroatoms. The number of aryl methyl sites for hydroxylation is 1. The number of halogens is 1. The van der Waals surface area contributed by atoms with Gasteiger partial charge in [0.15, 0.2) is 5.13 Å². The van der Waals surface area contributed by atoms with Crippen molar-refractivity contribution in [1.82, 2.24) is 9.88 Å². The van der Waals surface area contributed by atoms with Gasteiger partial charge < -0.3 is 5.73 Å². The summed E-state index contributed by atoms with van der Waals surface area (Å²) in [5.41, 5.74) is 8.49. The Labute approximate surface area is 130 Å². The average Bonchev–Trinajstić information content (AvgIpc) is 2.99. The zero-order valence-electron chi connectivity index (χ0n) is 11.6. The van der Waals surface area contributed by atoms with Crippen LogP contribution >= 0.6 is 23.7 Å². The van der Waals surface area contributed by atoms with Crippen LogP contribution < -0.4 is 5.73 Å². The Balaban J connectivity index is 0.00000147. The summed E-state index contributed by atoms with van der Waals surface area (Å²) in [6.07, 6.45) is 4.43. The zero-order valence-corrected chi connectivity index (χ0v) is 13.2. The molecule has 1 atom stereocenters. The van der Waals surface area contributed by atoms with E-state index in [1.165, 1.54) is 28.8 Å². The molecular formula is C15H20ClN3S. The Hall–Kier alpha value is -1.10. The predicted molar refractivity (Wildman–Crippen MR) is 87.3 cm³/mol. The highest BCUT2D eigenvalue weighted by Gasteiger charge is 2.26. The van der Waals surface area contributed by atoms with E-state index in [1.54, 1.807) is 11.3 Å². The van der Waals surface area contributed by atoms with Crippen molar-refractivity contribution in [1.29, 1.82) is 0 Å². The number of nitrogens with two attached hydrogens (primary N) is 1. The maximum atomic E-state index is 5.71. The first-order chi connectivity index (χ1) is 9.22. The van der Waals surface area contributed by atoms with Gasteiger partial charge in [-0.2, -0.15) is 0 Å². The summed E-state index contributed by atoms with van der Waals surface area (Å²) >= 11 is 1.60. The van der Waals surface area contributed by atoms with E-state index in [1.807, 2.05) is 6.20 Å². The van der Waals surface area contributed by atoms with Crippen molar-refractivity contribution >= 4 is 28.9 Å². The smallest absolute Gasteiger partial charge is 0.180 e. The monoisotopic (exact) mass is 309 g/mol. The van der Waals surface area contributed by atoms with Crippen molar-refractivity contribution < 1.29 is 0 Å². The lowest BCUT2D eigenvalue weighted by molar-refractivity contribution is 0.250. The third-order valence-electron chi connectivity index (χ3n) is 3.72. The maximum Gasteiger partial charge on any atom is 0.180 e. The van der Waals surface area contributed by atoms with E-state index in [0.717, 1.165) is 13.1 Å². The zero-order chi connectivity index (χ0) is 13.2. The summed E-state index contributed by atoms with van der Waals surface area (Å²) in [5.74, 6) is 0. The molecule has 20 heavy (non-hydrogen) atoms. The van der Waals surface area contributed by atoms with Gasteiger partial charge in [0.1, 0.15) is 0 Å². The number of aromatic nitrogens is 1. The largest absolute Gasteiger partial charge is 0.375 e. The molecule has 1 aliphatic rings. The molecule has 1 aliphatic heterocycles. The van der Waals surface area contributed by atoms with Gasteiger partial charge in [0, 0.05) is 23.7 Å². The van der Waals surface area contributed by atoms with Crippen LogP contribution in [0.5, 0.6) is 0 Å². The molecule has 108 valence electrons. The maximum absolute atomic E-state index is 5.71. The highest BCUT2D eigenvalue weighted by Crippen LogP contribution is 2.34. The lowest BCUT2D eigenvalue weighted by Gasteiger charge is -2.24. The van der Waals surface area contributed by atoms with Crippen molar-refractivity contribution in [3.63, 3.8) is 0 Å². The molecule has 3 rings (SSSR count). The molecule has 0 saturated carbocycles. The van der Waals surface area contributed by atoms with Gasteiger partial charge >= 0.3 is 0 Å². The van der Waals surface area contributed by atoms with Crippen molar-refractivity contribution in [3.8, 4) is 0 Å². The number of thiazole rings is 1. The van der Waals surface area contributed by atoms with Crippen LogP contribution in [-0.4, -0.2) is 16.4 Å². The van der Waals surface area contributed by atoms with Crippen molar-refractivity contribution in [3.05, 3.63) is 46.5 Å². The van der Waals surface area contributed by atoms with Crippen LogP contribution in [-0.2, 0) is 6.54 Å². The van der Waals surface area contributed by atoms with Gasteiger partial charge in [0.2, 0.25) is 0 Å². The lowest BCUT2D eigenvalue weighted by atomic mass is 10.0. The first-order valence-corrected chi connectivity index (χ1v) is 7.55. The summed E-state index contributed by atoms with van der Waals surface area (Å²) in [4.78, 5) is 7.94. The molecule has 1 aromatic heterocycles. The van der Waals surface area contributed by atoms with E-state index in [0.29, 0.717) is 11.2 Å². The molecule has 0 amide bonds. The fourth-order valence-electron chi connectivity index (χ4n) is 2.87. The van der Waals surface area contributed by atoms with Crippen LogP contribution in [0.25, 0.3) is 0 Å². The van der Waals surface area contributed by atoms with Crippen LogP contribution in [0.15, 0.2) is 30.5 Å². The molecule has 0 radical (unpaired) electrons. The van der Waals surface area contributed by atoms with E-state index in [2.05, 4.69) is 41.1 Å². The third-order valence-corrected chi connectivity index (χ3v) is 4.53. The number of nitrogen functional groups attached to an aromatic ring is 1. The van der Waals surface area contributed by atoms with Crippen LogP contribution in [0.2, 0.25) is 0 Å². The summed E-state index contributed by atoms with van der Waals surface area (Å²) in [5, 5.41) is 0.668. The molecule has 1 unspecified atom stereocenters. The van der Waals surface area contributed by atoms with E-state index in [-0.39, 0.29) is 12.4 Å². The van der Waals surface area contributed by atoms with Gasteiger partial charge in [-0.3, -0.25) is 4.90 Å². The third kappa shape index (κ3) is 3.32. The standard InChI is InChI=1S/C15H19N3S.ClH/c1-11-4-2-5-12(8-11)14-6-3-7-18(14)10-13-9-17-15(16)19-13;/h2,4-5,8-9,14H,3,6-7,10H2,1H3,(H2,16,17);1H. The Bertz CT molecular complexity index is 570. The first kappa shape index (κ1) is 15.3. The van der Waals surface area contributed by atoms with Crippen LogP contribution in [0.4, 0.5) is 5.13 Å². The molecule has 1 fully saturated rings. The fraction of sp³-hybridized carbons (Fsp3) is 0.400. The Morgan fingerprint density at radius 1 is 1.45 bits per heavy atom. The molecule has 3 nitrogen and oxygen atoms in total. The second-order valence-corrected chi connectivity index (χ2v) is 6.35. The second-order valence-electron chi connectivity index (χ2n) is 5.21. The fourth-order valence-corrected chi connectivity index (χ4v) is 3.58. The van der Waals surface area contributed by atoms with Gasteiger partial charge in [-0.25, -0.2) is 4.98 Å². The molecule has 0 bridgehead atoms. The number of rotatable bonds is 3. The number of likely N-dealkylation sites (tertiary alicyclic amines) is 1. The Morgan fingerprint density at radius 3 is 3.00 bits per heavy atom. The van der Waals surface area contributed by atoms with Gasteiger partial charge in [0.05, 0.1) is 0 Å². The number of benzene rings is 1. The van der Waals surface area contributed by atoms with Crippen LogP contribution in [0.3, 0.4) is 0 Å². The molecule has 2 N–H and O–H groups in total. The SMILES string of the molecule is Cc1cccc(C2CCCN2Cc2cnc(N)s2)c1.Cl. The van der Waals surface area contributed by atoms with E-state index < -0.39 is 0 Å². The lowest BCUT2D eigenvalue weighted by Crippen LogP contribution is -2.22. The normalized spacial score (nSPS) is 18.9. The van der Waals surface area contributed by atoms with E-state index in [4.69, 9.17) is 5.73 Å². The highest BCUT2D eigenvalue weighted by atomic mass is 35.5. The Kier molecular flexibility index (Phi) is 5.02. The van der Waals surface area contributed by atoms with Crippen molar-refractivity contribution in [2.75, 3.05) is 12.3 Å². The average molecular weight is 310 g/mol. The summed E-state index contributed by atoms with van der Waals surface area (Å²) in [6.45, 7) is 4.29. The minimum absolute atomic E-state index is 0. The molecule has 1 aromatic carbocycles.